The molecule has 3 aromatic rings. The highest BCUT2D eigenvalue weighted by molar-refractivity contribution is 6.33. The van der Waals surface area contributed by atoms with Crippen molar-refractivity contribution in [3.05, 3.63) is 94.0 Å². The van der Waals surface area contributed by atoms with Crippen LogP contribution < -0.4 is 21.5 Å². The summed E-state index contributed by atoms with van der Waals surface area (Å²) in [6.45, 7) is 0.0756. The second-order valence-corrected chi connectivity index (χ2v) is 7.73. The number of anilines is 2. The summed E-state index contributed by atoms with van der Waals surface area (Å²) in [5.74, 6) is -0.612. The molecule has 2 amide bonds. The van der Waals surface area contributed by atoms with Crippen molar-refractivity contribution < 1.29 is 9.59 Å². The van der Waals surface area contributed by atoms with Crippen LogP contribution in [0.4, 0.5) is 11.4 Å². The highest BCUT2D eigenvalue weighted by Gasteiger charge is 2.03. The molecule has 0 saturated heterocycles. The lowest BCUT2D eigenvalue weighted by atomic mass is 10.2. The first-order valence-electron chi connectivity index (χ1n) is 10.2. The molecule has 0 aliphatic carbocycles. The largest absolute Gasteiger partial charge is 0.375 e. The van der Waals surface area contributed by atoms with E-state index in [0.29, 0.717) is 21.4 Å². The van der Waals surface area contributed by atoms with Gasteiger partial charge in [0, 0.05) is 0 Å². The average Bonchev–Trinajstić information content (AvgIpc) is 2.84. The molecule has 3 aromatic carbocycles. The van der Waals surface area contributed by atoms with Crippen molar-refractivity contribution in [2.75, 3.05) is 23.7 Å². The Balaban J connectivity index is 1.38. The van der Waals surface area contributed by atoms with E-state index >= 15 is 0 Å². The van der Waals surface area contributed by atoms with Gasteiger partial charge in [-0.2, -0.15) is 10.2 Å². The fraction of sp³-hybridized carbons (Fsp3) is 0.0833. The van der Waals surface area contributed by atoms with E-state index in [1.165, 1.54) is 12.4 Å². The summed E-state index contributed by atoms with van der Waals surface area (Å²) < 4.78 is 0. The maximum absolute atomic E-state index is 11.9. The number of benzene rings is 3. The predicted octanol–water partition coefficient (Wildman–Crippen LogP) is 4.12. The second-order valence-electron chi connectivity index (χ2n) is 6.92. The zero-order valence-corrected chi connectivity index (χ0v) is 19.5. The third-order valence-electron chi connectivity index (χ3n) is 4.37. The van der Waals surface area contributed by atoms with Crippen molar-refractivity contribution in [3.8, 4) is 0 Å². The van der Waals surface area contributed by atoms with Crippen LogP contribution in [0.2, 0.25) is 10.0 Å². The molecule has 0 heterocycles. The van der Waals surface area contributed by atoms with Crippen LogP contribution in [0.25, 0.3) is 0 Å². The summed E-state index contributed by atoms with van der Waals surface area (Å²) in [5, 5.41) is 14.8. The van der Waals surface area contributed by atoms with Gasteiger partial charge in [0.2, 0.25) is 0 Å². The third-order valence-corrected chi connectivity index (χ3v) is 5.03. The lowest BCUT2D eigenvalue weighted by Crippen LogP contribution is -2.26. The molecule has 0 fully saturated rings. The smallest absolute Gasteiger partial charge is 0.259 e. The molecule has 34 heavy (non-hydrogen) atoms. The first kappa shape index (κ1) is 24.8. The number of nitrogens with one attached hydrogen (secondary N) is 4. The highest BCUT2D eigenvalue weighted by Crippen LogP contribution is 2.20. The van der Waals surface area contributed by atoms with Crippen molar-refractivity contribution in [1.82, 2.24) is 10.9 Å². The van der Waals surface area contributed by atoms with E-state index in [0.717, 1.165) is 11.1 Å². The number of nitrogens with zero attached hydrogens (tertiary/aromatic N) is 2. The van der Waals surface area contributed by atoms with E-state index in [9.17, 15) is 9.59 Å². The van der Waals surface area contributed by atoms with E-state index in [2.05, 4.69) is 31.7 Å². The molecule has 0 aliphatic heterocycles. The SMILES string of the molecule is O=C(CNc1ccccc1Cl)N/N=C/c1ccc(/C=N/NC(=O)CNc2ccccc2Cl)cc1. The molecule has 0 atom stereocenters. The minimum absolute atomic E-state index is 0.0378. The van der Waals surface area contributed by atoms with Crippen molar-refractivity contribution >= 4 is 58.8 Å². The van der Waals surface area contributed by atoms with Gasteiger partial charge in [-0.3, -0.25) is 9.59 Å². The van der Waals surface area contributed by atoms with Crippen molar-refractivity contribution in [3.63, 3.8) is 0 Å². The number of hydrogen-bond acceptors (Lipinski definition) is 6. The zero-order chi connectivity index (χ0) is 24.2. The molecule has 0 unspecified atom stereocenters. The fourth-order valence-electron chi connectivity index (χ4n) is 2.66. The Labute approximate surface area is 207 Å². The number of halogens is 2. The Morgan fingerprint density at radius 2 is 1.03 bits per heavy atom. The Kier molecular flexibility index (Phi) is 9.45. The minimum Gasteiger partial charge on any atom is -0.375 e. The number of carbonyl (C=O) groups is 2. The van der Waals surface area contributed by atoms with Crippen LogP contribution in [-0.4, -0.2) is 37.3 Å². The molecular formula is C24H22Cl2N6O2. The molecule has 0 radical (unpaired) electrons. The van der Waals surface area contributed by atoms with Crippen molar-refractivity contribution in [1.29, 1.82) is 0 Å². The van der Waals surface area contributed by atoms with E-state index in [-0.39, 0.29) is 24.9 Å². The van der Waals surface area contributed by atoms with Gasteiger partial charge in [0.1, 0.15) is 0 Å². The number of amides is 2. The molecule has 8 nitrogen and oxygen atoms in total. The Bertz CT molecular complexity index is 1090. The number of hydrogen-bond donors (Lipinski definition) is 4. The molecule has 0 spiro atoms. The minimum atomic E-state index is -0.306. The summed E-state index contributed by atoms with van der Waals surface area (Å²) >= 11 is 12.1. The third kappa shape index (κ3) is 8.23. The zero-order valence-electron chi connectivity index (χ0n) is 18.0. The topological polar surface area (TPSA) is 107 Å². The van der Waals surface area contributed by atoms with E-state index in [1.54, 1.807) is 48.5 Å². The molecule has 0 aliphatic rings. The van der Waals surface area contributed by atoms with Gasteiger partial charge in [0.15, 0.2) is 0 Å². The molecule has 0 bridgehead atoms. The molecule has 174 valence electrons. The van der Waals surface area contributed by atoms with Crippen LogP contribution in [0, 0.1) is 0 Å². The van der Waals surface area contributed by atoms with Crippen LogP contribution in [0.3, 0.4) is 0 Å². The van der Waals surface area contributed by atoms with Gasteiger partial charge in [-0.15, -0.1) is 0 Å². The van der Waals surface area contributed by atoms with Gasteiger partial charge < -0.3 is 10.6 Å². The van der Waals surface area contributed by atoms with Gasteiger partial charge in [0.25, 0.3) is 11.8 Å². The summed E-state index contributed by atoms with van der Waals surface area (Å²) in [4.78, 5) is 23.8. The first-order valence-corrected chi connectivity index (χ1v) is 11.0. The first-order chi connectivity index (χ1) is 16.5. The predicted molar refractivity (Wildman–Crippen MR) is 138 cm³/mol. The van der Waals surface area contributed by atoms with Crippen LogP contribution in [0.15, 0.2) is 83.0 Å². The summed E-state index contributed by atoms with van der Waals surface area (Å²) in [7, 11) is 0. The van der Waals surface area contributed by atoms with Crippen LogP contribution in [0.1, 0.15) is 11.1 Å². The maximum atomic E-state index is 11.9. The summed E-state index contributed by atoms with van der Waals surface area (Å²) in [6, 6.07) is 21.5. The molecule has 0 saturated carbocycles. The molecular weight excluding hydrogens is 475 g/mol. The van der Waals surface area contributed by atoms with Crippen LogP contribution in [0.5, 0.6) is 0 Å². The van der Waals surface area contributed by atoms with Crippen LogP contribution >= 0.6 is 23.2 Å². The molecule has 0 aromatic heterocycles. The van der Waals surface area contributed by atoms with Gasteiger partial charge in [-0.25, -0.2) is 10.9 Å². The number of rotatable bonds is 10. The maximum Gasteiger partial charge on any atom is 0.259 e. The highest BCUT2D eigenvalue weighted by atomic mass is 35.5. The Morgan fingerprint density at radius 3 is 1.41 bits per heavy atom. The fourth-order valence-corrected chi connectivity index (χ4v) is 3.07. The van der Waals surface area contributed by atoms with Crippen LogP contribution in [-0.2, 0) is 9.59 Å². The van der Waals surface area contributed by atoms with Gasteiger partial charge in [-0.1, -0.05) is 71.7 Å². The monoisotopic (exact) mass is 496 g/mol. The van der Waals surface area contributed by atoms with Gasteiger partial charge in [-0.05, 0) is 35.4 Å². The van der Waals surface area contributed by atoms with Crippen molar-refractivity contribution in [2.45, 2.75) is 0 Å². The van der Waals surface area contributed by atoms with Crippen molar-refractivity contribution in [2.24, 2.45) is 10.2 Å². The molecule has 3 rings (SSSR count). The Hall–Kier alpha value is -3.88. The normalized spacial score (nSPS) is 10.9. The second kappa shape index (κ2) is 13.0. The average molecular weight is 497 g/mol. The van der Waals surface area contributed by atoms with Gasteiger partial charge >= 0.3 is 0 Å². The number of hydrazone groups is 2. The summed E-state index contributed by atoms with van der Waals surface area (Å²) in [5.41, 5.74) is 7.81. The molecule has 10 heteroatoms. The number of carbonyl (C=O) groups excluding carboxylic acids is 2. The van der Waals surface area contributed by atoms with E-state index in [4.69, 9.17) is 23.2 Å². The lowest BCUT2D eigenvalue weighted by Gasteiger charge is -2.06. The lowest BCUT2D eigenvalue weighted by molar-refractivity contribution is -0.120. The van der Waals surface area contributed by atoms with E-state index in [1.807, 2.05) is 24.3 Å². The van der Waals surface area contributed by atoms with E-state index < -0.39 is 0 Å². The molecule has 4 N–H and O–H groups in total. The quantitative estimate of drug-likeness (QED) is 0.250. The standard InChI is InChI=1S/C24H22Cl2N6O2/c25-19-5-1-3-7-21(19)27-15-23(33)31-29-13-17-9-11-18(12-10-17)14-30-32-24(34)16-28-22-8-4-2-6-20(22)26/h1-14,27-28H,15-16H2,(H,31,33)(H,32,34)/b29-13+,30-14+. The van der Waals surface area contributed by atoms with Gasteiger partial charge in [0.05, 0.1) is 46.9 Å². The Morgan fingerprint density at radius 1 is 0.647 bits per heavy atom. The summed E-state index contributed by atoms with van der Waals surface area (Å²) in [6.07, 6.45) is 3.05. The number of para-hydroxylation sites is 2.